The van der Waals surface area contributed by atoms with E-state index in [0.717, 1.165) is 0 Å². The van der Waals surface area contributed by atoms with Gasteiger partial charge in [-0.25, -0.2) is 0 Å². The van der Waals surface area contributed by atoms with E-state index < -0.39 is 64.6 Å². The number of hydrogen-bond acceptors (Lipinski definition) is 8. The molecular formula is C23H30O8. The van der Waals surface area contributed by atoms with E-state index in [2.05, 4.69) is 0 Å². The Balaban J connectivity index is 2.04. The van der Waals surface area contributed by atoms with Crippen LogP contribution in [0.1, 0.15) is 47.5 Å². The first kappa shape index (κ1) is 22.0. The van der Waals surface area contributed by atoms with Gasteiger partial charge in [0, 0.05) is 35.5 Å². The second-order valence-electron chi connectivity index (χ2n) is 10.0. The fourth-order valence-corrected chi connectivity index (χ4v) is 7.49. The summed E-state index contributed by atoms with van der Waals surface area (Å²) >= 11 is 0. The van der Waals surface area contributed by atoms with Crippen LogP contribution in [0.15, 0.2) is 11.3 Å². The molecule has 1 saturated heterocycles. The number of ether oxygens (including phenoxy) is 3. The van der Waals surface area contributed by atoms with Crippen LogP contribution in [0, 0.1) is 34.5 Å². The van der Waals surface area contributed by atoms with Crippen molar-refractivity contribution in [1.82, 2.24) is 0 Å². The summed E-state index contributed by atoms with van der Waals surface area (Å²) in [6.07, 6.45) is -2.77. The van der Waals surface area contributed by atoms with Gasteiger partial charge in [0.05, 0.1) is 13.5 Å². The van der Waals surface area contributed by atoms with Gasteiger partial charge in [-0.2, -0.15) is 0 Å². The van der Waals surface area contributed by atoms with E-state index in [-0.39, 0.29) is 30.3 Å². The maximum atomic E-state index is 13.8. The lowest BCUT2D eigenvalue weighted by molar-refractivity contribution is -0.261. The van der Waals surface area contributed by atoms with E-state index in [4.69, 9.17) is 14.2 Å². The van der Waals surface area contributed by atoms with Crippen molar-refractivity contribution in [2.24, 2.45) is 34.5 Å². The highest BCUT2D eigenvalue weighted by Gasteiger charge is 2.76. The number of aliphatic hydroxyl groups is 1. The molecule has 1 aliphatic heterocycles. The topological polar surface area (TPSA) is 116 Å². The molecule has 0 radical (unpaired) electrons. The predicted molar refractivity (Wildman–Crippen MR) is 106 cm³/mol. The molecule has 0 aromatic carbocycles. The van der Waals surface area contributed by atoms with Crippen LogP contribution in [0.2, 0.25) is 0 Å². The molecule has 1 heterocycles. The van der Waals surface area contributed by atoms with E-state index in [1.807, 2.05) is 13.8 Å². The van der Waals surface area contributed by atoms with Gasteiger partial charge in [0.25, 0.3) is 0 Å². The lowest BCUT2D eigenvalue weighted by atomic mass is 9.38. The van der Waals surface area contributed by atoms with Crippen LogP contribution >= 0.6 is 0 Å². The van der Waals surface area contributed by atoms with Crippen LogP contribution in [-0.2, 0) is 33.4 Å². The van der Waals surface area contributed by atoms with E-state index in [1.165, 1.54) is 14.0 Å². The van der Waals surface area contributed by atoms with E-state index in [0.29, 0.717) is 5.57 Å². The maximum Gasteiger partial charge on any atom is 0.306 e. The molecule has 4 rings (SSSR count). The monoisotopic (exact) mass is 434 g/mol. The minimum absolute atomic E-state index is 0.0370. The van der Waals surface area contributed by atoms with Crippen LogP contribution in [0.4, 0.5) is 0 Å². The minimum Gasteiger partial charge on any atom is -0.493 e. The zero-order valence-corrected chi connectivity index (χ0v) is 18.8. The Morgan fingerprint density at radius 2 is 1.87 bits per heavy atom. The summed E-state index contributed by atoms with van der Waals surface area (Å²) < 4.78 is 17.0. The molecule has 3 aliphatic carbocycles. The molecule has 9 atom stereocenters. The van der Waals surface area contributed by atoms with Gasteiger partial charge in [-0.3, -0.25) is 19.2 Å². The first-order valence-corrected chi connectivity index (χ1v) is 10.8. The molecule has 4 aliphatic rings. The molecule has 31 heavy (non-hydrogen) atoms. The summed E-state index contributed by atoms with van der Waals surface area (Å²) in [4.78, 5) is 52.1. The second-order valence-corrected chi connectivity index (χ2v) is 10.0. The Labute approximate surface area is 181 Å². The molecule has 2 saturated carbocycles. The van der Waals surface area contributed by atoms with Gasteiger partial charge in [-0.05, 0) is 24.8 Å². The van der Waals surface area contributed by atoms with Crippen LogP contribution in [0.25, 0.3) is 0 Å². The Bertz CT molecular complexity index is 905. The summed E-state index contributed by atoms with van der Waals surface area (Å²) in [6, 6.07) is 0. The Hall–Kier alpha value is -2.22. The van der Waals surface area contributed by atoms with Crippen molar-refractivity contribution in [2.45, 2.75) is 65.8 Å². The summed E-state index contributed by atoms with van der Waals surface area (Å²) in [5, 5.41) is 10.6. The van der Waals surface area contributed by atoms with Crippen LogP contribution in [0.3, 0.4) is 0 Å². The number of carbonyl (C=O) groups excluding carboxylic acids is 4. The van der Waals surface area contributed by atoms with Gasteiger partial charge in [0.1, 0.15) is 18.3 Å². The number of rotatable bonds is 2. The van der Waals surface area contributed by atoms with Crippen LogP contribution < -0.4 is 0 Å². The Kier molecular flexibility index (Phi) is 4.89. The molecule has 0 unspecified atom stereocenters. The standard InChI is InChI=1S/C23H30O8/c1-9-7-13(25)20(28)23(5)15(9)18(30-11(3)24)21-22(4)12(8-14(26)31-21)10(2)17(29-6)16(27)19(22)23/h9,12-13,15,18-19,21,25H,7-8H2,1-6H3/t9-,12+,13+,15-,18-,19+,21-,22+,23+/m1/s1. The zero-order chi connectivity index (χ0) is 23.0. The zero-order valence-electron chi connectivity index (χ0n) is 18.8. The number of Topliss-reactive ketones (excluding diaryl/α,β-unsaturated/α-hetero) is 2. The number of ketones is 2. The molecule has 1 N–H and O–H groups in total. The predicted octanol–water partition coefficient (Wildman–Crippen LogP) is 1.58. The van der Waals surface area contributed by atoms with Crippen molar-refractivity contribution in [1.29, 1.82) is 0 Å². The molecule has 0 aromatic heterocycles. The van der Waals surface area contributed by atoms with Crippen molar-refractivity contribution >= 4 is 23.5 Å². The Morgan fingerprint density at radius 1 is 1.23 bits per heavy atom. The van der Waals surface area contributed by atoms with Crippen LogP contribution in [-0.4, -0.2) is 54.0 Å². The molecule has 8 nitrogen and oxygen atoms in total. The van der Waals surface area contributed by atoms with Gasteiger partial charge in [-0.15, -0.1) is 0 Å². The third-order valence-corrected chi connectivity index (χ3v) is 8.47. The normalized spacial score (nSPS) is 46.7. The minimum atomic E-state index is -1.31. The first-order valence-electron chi connectivity index (χ1n) is 10.8. The number of allylic oxidation sites excluding steroid dienone is 2. The van der Waals surface area contributed by atoms with Gasteiger partial charge in [0.15, 0.2) is 11.5 Å². The van der Waals surface area contributed by atoms with Gasteiger partial charge >= 0.3 is 11.9 Å². The lowest BCUT2D eigenvalue weighted by Gasteiger charge is -2.66. The molecule has 8 heteroatoms. The SMILES string of the molecule is COC1=C(C)[C@@H]2CC(=O)O[C@@H]3[C@H](OC(C)=O)[C@H]4[C@H](C)C[C@H](O)C(=O)[C@]4(C)[C@@H](C1=O)[C@@]32C. The number of fused-ring (bicyclic) bond motifs is 2. The Morgan fingerprint density at radius 3 is 2.45 bits per heavy atom. The second kappa shape index (κ2) is 6.89. The van der Waals surface area contributed by atoms with E-state index in [1.54, 1.807) is 13.8 Å². The average molecular weight is 434 g/mol. The lowest BCUT2D eigenvalue weighted by Crippen LogP contribution is -2.75. The highest BCUT2D eigenvalue weighted by molar-refractivity contribution is 6.04. The summed E-state index contributed by atoms with van der Waals surface area (Å²) in [5.41, 5.74) is -1.67. The quantitative estimate of drug-likeness (QED) is 0.651. The number of methoxy groups -OCH3 is 1. The van der Waals surface area contributed by atoms with Crippen molar-refractivity contribution in [3.63, 3.8) is 0 Å². The van der Waals surface area contributed by atoms with Crippen molar-refractivity contribution in [2.75, 3.05) is 7.11 Å². The van der Waals surface area contributed by atoms with Gasteiger partial charge < -0.3 is 19.3 Å². The van der Waals surface area contributed by atoms with E-state index in [9.17, 15) is 24.3 Å². The molecule has 3 fully saturated rings. The fraction of sp³-hybridized carbons (Fsp3) is 0.739. The number of carbonyl (C=O) groups is 4. The summed E-state index contributed by atoms with van der Waals surface area (Å²) in [6.45, 7) is 8.43. The summed E-state index contributed by atoms with van der Waals surface area (Å²) in [7, 11) is 1.41. The van der Waals surface area contributed by atoms with Crippen molar-refractivity contribution < 1.29 is 38.5 Å². The van der Waals surface area contributed by atoms with Gasteiger partial charge in [0.2, 0.25) is 5.78 Å². The third kappa shape index (κ3) is 2.63. The number of hydrogen-bond donors (Lipinski definition) is 1. The highest BCUT2D eigenvalue weighted by Crippen LogP contribution is 2.67. The molecule has 170 valence electrons. The molecule has 0 bridgehead atoms. The maximum absolute atomic E-state index is 13.8. The summed E-state index contributed by atoms with van der Waals surface area (Å²) in [5.74, 6) is -3.75. The fourth-order valence-electron chi connectivity index (χ4n) is 7.49. The third-order valence-electron chi connectivity index (χ3n) is 8.47. The van der Waals surface area contributed by atoms with Crippen molar-refractivity contribution in [3.8, 4) is 0 Å². The highest BCUT2D eigenvalue weighted by atomic mass is 16.6. The van der Waals surface area contributed by atoms with Crippen LogP contribution in [0.5, 0.6) is 0 Å². The van der Waals surface area contributed by atoms with Gasteiger partial charge in [-0.1, -0.05) is 20.8 Å². The van der Waals surface area contributed by atoms with E-state index >= 15 is 0 Å². The average Bonchev–Trinajstić information content (AvgIpc) is 2.66. The number of aliphatic hydroxyl groups excluding tert-OH is 1. The molecular weight excluding hydrogens is 404 g/mol. The first-order chi connectivity index (χ1) is 14.4. The largest absolute Gasteiger partial charge is 0.493 e. The molecule has 0 aromatic rings. The van der Waals surface area contributed by atoms with Crippen molar-refractivity contribution in [3.05, 3.63) is 11.3 Å². The molecule has 0 spiro atoms. The smallest absolute Gasteiger partial charge is 0.306 e. The number of esters is 2. The molecule has 0 amide bonds.